The molecule has 0 atom stereocenters. The molecule has 0 aliphatic heterocycles. The predicted octanol–water partition coefficient (Wildman–Crippen LogP) is 5.14. The average molecular weight is 293 g/mol. The number of ketones is 1. The maximum atomic E-state index is 12.4. The smallest absolute Gasteiger partial charge is 0.204 e. The summed E-state index contributed by atoms with van der Waals surface area (Å²) in [6.45, 7) is 6.27. The Morgan fingerprint density at radius 2 is 2.11 bits per heavy atom. The van der Waals surface area contributed by atoms with Gasteiger partial charge in [-0.05, 0) is 41.8 Å². The molecule has 2 aromatic rings. The zero-order valence-corrected chi connectivity index (χ0v) is 12.9. The molecule has 0 spiro atoms. The SMILES string of the molecule is Cc1csc(C(=O)c2cccc(CC(C)C)c2)c1Cl. The number of hydrogen-bond donors (Lipinski definition) is 0. The summed E-state index contributed by atoms with van der Waals surface area (Å²) in [5.74, 6) is 0.603. The minimum atomic E-state index is 0.0220. The van der Waals surface area contributed by atoms with Gasteiger partial charge in [0, 0.05) is 5.56 Å². The Morgan fingerprint density at radius 1 is 1.37 bits per heavy atom. The maximum absolute atomic E-state index is 12.4. The van der Waals surface area contributed by atoms with Gasteiger partial charge in [0.25, 0.3) is 0 Å². The summed E-state index contributed by atoms with van der Waals surface area (Å²) in [6.07, 6.45) is 0.984. The van der Waals surface area contributed by atoms with E-state index in [4.69, 9.17) is 11.6 Å². The first-order valence-corrected chi connectivity index (χ1v) is 7.62. The van der Waals surface area contributed by atoms with Gasteiger partial charge in [0.2, 0.25) is 5.78 Å². The van der Waals surface area contributed by atoms with Crippen molar-refractivity contribution in [2.45, 2.75) is 27.2 Å². The number of rotatable bonds is 4. The van der Waals surface area contributed by atoms with Crippen LogP contribution in [0.3, 0.4) is 0 Å². The average Bonchev–Trinajstić information content (AvgIpc) is 2.69. The molecule has 0 N–H and O–H groups in total. The van der Waals surface area contributed by atoms with Crippen molar-refractivity contribution in [1.29, 1.82) is 0 Å². The molecule has 0 fully saturated rings. The highest BCUT2D eigenvalue weighted by atomic mass is 35.5. The number of halogens is 1. The van der Waals surface area contributed by atoms with Crippen LogP contribution >= 0.6 is 22.9 Å². The van der Waals surface area contributed by atoms with E-state index in [0.717, 1.165) is 17.5 Å². The van der Waals surface area contributed by atoms with Crippen molar-refractivity contribution < 1.29 is 4.79 Å². The Bertz CT molecular complexity index is 599. The van der Waals surface area contributed by atoms with E-state index in [9.17, 15) is 4.79 Å². The summed E-state index contributed by atoms with van der Waals surface area (Å²) < 4.78 is 0. The van der Waals surface area contributed by atoms with Crippen LogP contribution in [0.5, 0.6) is 0 Å². The van der Waals surface area contributed by atoms with Gasteiger partial charge < -0.3 is 0 Å². The minimum absolute atomic E-state index is 0.0220. The molecule has 0 aliphatic rings. The number of benzene rings is 1. The molecule has 0 radical (unpaired) electrons. The molecule has 0 amide bonds. The Kier molecular flexibility index (Phi) is 4.43. The third kappa shape index (κ3) is 3.26. The van der Waals surface area contributed by atoms with E-state index in [1.54, 1.807) is 0 Å². The highest BCUT2D eigenvalue weighted by Crippen LogP contribution is 2.29. The van der Waals surface area contributed by atoms with Gasteiger partial charge in [-0.15, -0.1) is 11.3 Å². The summed E-state index contributed by atoms with van der Waals surface area (Å²) in [6, 6.07) is 7.85. The highest BCUT2D eigenvalue weighted by Gasteiger charge is 2.16. The molecule has 100 valence electrons. The molecular formula is C16H17ClOS. The van der Waals surface area contributed by atoms with Gasteiger partial charge in [-0.2, -0.15) is 0 Å². The molecule has 0 aliphatic carbocycles. The molecule has 1 aromatic heterocycles. The van der Waals surface area contributed by atoms with Crippen LogP contribution in [0.15, 0.2) is 29.6 Å². The molecule has 1 heterocycles. The van der Waals surface area contributed by atoms with Gasteiger partial charge in [0.1, 0.15) is 0 Å². The molecule has 0 bridgehead atoms. The van der Waals surface area contributed by atoms with Crippen molar-refractivity contribution in [2.75, 3.05) is 0 Å². The molecule has 1 nitrogen and oxygen atoms in total. The first-order chi connectivity index (χ1) is 8.99. The van der Waals surface area contributed by atoms with Gasteiger partial charge in [-0.25, -0.2) is 0 Å². The molecule has 1 aromatic carbocycles. The van der Waals surface area contributed by atoms with Crippen molar-refractivity contribution in [3.05, 3.63) is 56.2 Å². The third-order valence-electron chi connectivity index (χ3n) is 2.94. The lowest BCUT2D eigenvalue weighted by molar-refractivity contribution is 0.104. The summed E-state index contributed by atoms with van der Waals surface area (Å²) in [7, 11) is 0. The minimum Gasteiger partial charge on any atom is -0.288 e. The van der Waals surface area contributed by atoms with Gasteiger partial charge in [0.05, 0.1) is 9.90 Å². The van der Waals surface area contributed by atoms with Crippen molar-refractivity contribution >= 4 is 28.7 Å². The first kappa shape index (κ1) is 14.3. The van der Waals surface area contributed by atoms with Crippen molar-refractivity contribution in [3.63, 3.8) is 0 Å². The molecule has 3 heteroatoms. The zero-order valence-electron chi connectivity index (χ0n) is 11.4. The number of hydrogen-bond acceptors (Lipinski definition) is 2. The normalized spacial score (nSPS) is 11.0. The van der Waals surface area contributed by atoms with Gasteiger partial charge >= 0.3 is 0 Å². The fourth-order valence-electron chi connectivity index (χ4n) is 2.03. The lowest BCUT2D eigenvalue weighted by atomic mass is 9.99. The Morgan fingerprint density at radius 3 is 2.68 bits per heavy atom. The largest absolute Gasteiger partial charge is 0.288 e. The van der Waals surface area contributed by atoms with Crippen LogP contribution in [-0.2, 0) is 6.42 Å². The lowest BCUT2D eigenvalue weighted by Crippen LogP contribution is -2.02. The molecule has 2 rings (SSSR count). The van der Waals surface area contributed by atoms with E-state index in [1.165, 1.54) is 16.9 Å². The summed E-state index contributed by atoms with van der Waals surface area (Å²) in [5, 5.41) is 2.51. The summed E-state index contributed by atoms with van der Waals surface area (Å²) in [5.41, 5.74) is 2.89. The summed E-state index contributed by atoms with van der Waals surface area (Å²) in [4.78, 5) is 13.1. The number of carbonyl (C=O) groups excluding carboxylic acids is 1. The second-order valence-corrected chi connectivity index (χ2v) is 6.45. The second kappa shape index (κ2) is 5.89. The standard InChI is InChI=1S/C16H17ClOS/c1-10(2)7-12-5-4-6-13(8-12)15(18)16-14(17)11(3)9-19-16/h4-6,8-10H,7H2,1-3H3. The van der Waals surface area contributed by atoms with Crippen molar-refractivity contribution in [1.82, 2.24) is 0 Å². The fraction of sp³-hybridized carbons (Fsp3) is 0.312. The molecule has 0 saturated heterocycles. The van der Waals surface area contributed by atoms with Crippen LogP contribution in [0.4, 0.5) is 0 Å². The third-order valence-corrected chi connectivity index (χ3v) is 4.63. The van der Waals surface area contributed by atoms with Crippen molar-refractivity contribution in [2.24, 2.45) is 5.92 Å². The van der Waals surface area contributed by atoms with Crippen LogP contribution < -0.4 is 0 Å². The molecule has 19 heavy (non-hydrogen) atoms. The van der Waals surface area contributed by atoms with E-state index in [2.05, 4.69) is 19.9 Å². The van der Waals surface area contributed by atoms with Gasteiger partial charge in [-0.3, -0.25) is 4.79 Å². The molecule has 0 unspecified atom stereocenters. The van der Waals surface area contributed by atoms with Crippen molar-refractivity contribution in [3.8, 4) is 0 Å². The van der Waals surface area contributed by atoms with Gasteiger partial charge in [-0.1, -0.05) is 43.6 Å². The predicted molar refractivity (Wildman–Crippen MR) is 82.5 cm³/mol. The Labute approximate surface area is 123 Å². The topological polar surface area (TPSA) is 17.1 Å². The summed E-state index contributed by atoms with van der Waals surface area (Å²) >= 11 is 7.58. The number of carbonyl (C=O) groups is 1. The zero-order chi connectivity index (χ0) is 14.0. The van der Waals surface area contributed by atoms with E-state index in [-0.39, 0.29) is 5.78 Å². The maximum Gasteiger partial charge on any atom is 0.204 e. The second-order valence-electron chi connectivity index (χ2n) is 5.19. The van der Waals surface area contributed by atoms with Gasteiger partial charge in [0.15, 0.2) is 0 Å². The van der Waals surface area contributed by atoms with Crippen LogP contribution in [0.1, 0.15) is 40.2 Å². The fourth-order valence-corrected chi connectivity index (χ4v) is 3.27. The van der Waals surface area contributed by atoms with Crippen LogP contribution in [0.25, 0.3) is 0 Å². The first-order valence-electron chi connectivity index (χ1n) is 6.36. The van der Waals surface area contributed by atoms with E-state index in [1.807, 2.05) is 30.5 Å². The van der Waals surface area contributed by atoms with E-state index < -0.39 is 0 Å². The van der Waals surface area contributed by atoms with E-state index in [0.29, 0.717) is 15.8 Å². The quantitative estimate of drug-likeness (QED) is 0.713. The molecular weight excluding hydrogens is 276 g/mol. The van der Waals surface area contributed by atoms with E-state index >= 15 is 0 Å². The Hall–Kier alpha value is -1.12. The monoisotopic (exact) mass is 292 g/mol. The van der Waals surface area contributed by atoms with Crippen LogP contribution in [0.2, 0.25) is 5.02 Å². The van der Waals surface area contributed by atoms with Crippen LogP contribution in [-0.4, -0.2) is 5.78 Å². The molecule has 0 saturated carbocycles. The number of thiophene rings is 1. The number of aryl methyl sites for hydroxylation is 1. The lowest BCUT2D eigenvalue weighted by Gasteiger charge is -2.06. The Balaban J connectivity index is 2.31. The highest BCUT2D eigenvalue weighted by molar-refractivity contribution is 7.13. The van der Waals surface area contributed by atoms with Crippen LogP contribution in [0, 0.1) is 12.8 Å².